The standard InChI is InChI=1S/C18H30ClN5/c1-4-5-9-21-18(20-2)22-14-15-16(19)7-6-8-17(15)24-12-10-23(3)11-13-24/h6-8H,4-5,9-14H2,1-3H3,(H2,20,21,22). The lowest BCUT2D eigenvalue weighted by Gasteiger charge is -2.35. The number of aliphatic imine (C=N–C) groups is 1. The highest BCUT2D eigenvalue weighted by molar-refractivity contribution is 6.31. The van der Waals surface area contributed by atoms with Gasteiger partial charge < -0.3 is 20.4 Å². The number of anilines is 1. The van der Waals surface area contributed by atoms with Crippen molar-refractivity contribution >= 4 is 23.2 Å². The van der Waals surface area contributed by atoms with Gasteiger partial charge >= 0.3 is 0 Å². The Morgan fingerprint density at radius 2 is 1.96 bits per heavy atom. The fourth-order valence-electron chi connectivity index (χ4n) is 2.84. The Morgan fingerprint density at radius 3 is 2.62 bits per heavy atom. The summed E-state index contributed by atoms with van der Waals surface area (Å²) >= 11 is 6.49. The van der Waals surface area contributed by atoms with Crippen LogP contribution in [0.5, 0.6) is 0 Å². The smallest absolute Gasteiger partial charge is 0.191 e. The first-order valence-electron chi connectivity index (χ1n) is 8.81. The van der Waals surface area contributed by atoms with Gasteiger partial charge in [-0.1, -0.05) is 31.0 Å². The molecule has 0 amide bonds. The van der Waals surface area contributed by atoms with E-state index < -0.39 is 0 Å². The molecular weight excluding hydrogens is 322 g/mol. The van der Waals surface area contributed by atoms with Crippen LogP contribution in [0.15, 0.2) is 23.2 Å². The van der Waals surface area contributed by atoms with Gasteiger partial charge in [0, 0.05) is 62.6 Å². The Morgan fingerprint density at radius 1 is 1.21 bits per heavy atom. The molecular formula is C18H30ClN5. The molecule has 0 bridgehead atoms. The largest absolute Gasteiger partial charge is 0.369 e. The van der Waals surface area contributed by atoms with Crippen LogP contribution in [0, 0.1) is 0 Å². The molecule has 1 aromatic rings. The minimum absolute atomic E-state index is 0.674. The van der Waals surface area contributed by atoms with Crippen molar-refractivity contribution in [2.75, 3.05) is 51.7 Å². The highest BCUT2D eigenvalue weighted by atomic mass is 35.5. The van der Waals surface area contributed by atoms with Crippen molar-refractivity contribution in [1.29, 1.82) is 0 Å². The molecule has 5 nitrogen and oxygen atoms in total. The van der Waals surface area contributed by atoms with Crippen LogP contribution in [-0.2, 0) is 6.54 Å². The van der Waals surface area contributed by atoms with Crippen LogP contribution in [0.3, 0.4) is 0 Å². The SMILES string of the molecule is CCCCNC(=NC)NCc1c(Cl)cccc1N1CCN(C)CC1. The molecule has 0 unspecified atom stereocenters. The molecule has 2 N–H and O–H groups in total. The van der Waals surface area contributed by atoms with Crippen LogP contribution in [0.2, 0.25) is 5.02 Å². The number of hydrogen-bond donors (Lipinski definition) is 2. The fraction of sp³-hybridized carbons (Fsp3) is 0.611. The Balaban J connectivity index is 2.03. The maximum Gasteiger partial charge on any atom is 0.191 e. The van der Waals surface area contributed by atoms with Crippen molar-refractivity contribution in [2.45, 2.75) is 26.3 Å². The molecule has 1 heterocycles. The van der Waals surface area contributed by atoms with Gasteiger partial charge in [0.05, 0.1) is 0 Å². The molecule has 0 atom stereocenters. The van der Waals surface area contributed by atoms with Gasteiger partial charge in [-0.3, -0.25) is 4.99 Å². The number of guanidine groups is 1. The number of unbranched alkanes of at least 4 members (excludes halogenated alkanes) is 1. The lowest BCUT2D eigenvalue weighted by atomic mass is 10.1. The molecule has 0 radical (unpaired) electrons. The summed E-state index contributed by atoms with van der Waals surface area (Å²) in [6.45, 7) is 8.03. The number of rotatable bonds is 6. The van der Waals surface area contributed by atoms with E-state index in [4.69, 9.17) is 11.6 Å². The van der Waals surface area contributed by atoms with E-state index in [1.807, 2.05) is 12.1 Å². The van der Waals surface area contributed by atoms with E-state index in [-0.39, 0.29) is 0 Å². The van der Waals surface area contributed by atoms with Crippen LogP contribution < -0.4 is 15.5 Å². The number of nitrogens with one attached hydrogen (secondary N) is 2. The second-order valence-electron chi connectivity index (χ2n) is 6.23. The summed E-state index contributed by atoms with van der Waals surface area (Å²) in [5.74, 6) is 0.827. The molecule has 1 aromatic carbocycles. The fourth-order valence-corrected chi connectivity index (χ4v) is 3.08. The summed E-state index contributed by atoms with van der Waals surface area (Å²) in [7, 11) is 3.97. The number of hydrogen-bond acceptors (Lipinski definition) is 3. The molecule has 0 aromatic heterocycles. The van der Waals surface area contributed by atoms with E-state index in [0.29, 0.717) is 6.54 Å². The third-order valence-electron chi connectivity index (χ3n) is 4.42. The monoisotopic (exact) mass is 351 g/mol. The van der Waals surface area contributed by atoms with Crippen molar-refractivity contribution < 1.29 is 0 Å². The normalized spacial score (nSPS) is 16.3. The topological polar surface area (TPSA) is 42.9 Å². The van der Waals surface area contributed by atoms with Crippen molar-refractivity contribution in [3.63, 3.8) is 0 Å². The van der Waals surface area contributed by atoms with Crippen LogP contribution in [-0.4, -0.2) is 57.7 Å². The lowest BCUT2D eigenvalue weighted by Crippen LogP contribution is -2.45. The number of benzene rings is 1. The summed E-state index contributed by atoms with van der Waals surface area (Å²) in [5.41, 5.74) is 2.37. The first kappa shape index (κ1) is 18.9. The van der Waals surface area contributed by atoms with Crippen LogP contribution in [0.1, 0.15) is 25.3 Å². The predicted molar refractivity (Wildman–Crippen MR) is 104 cm³/mol. The Labute approximate surface area is 151 Å². The van der Waals surface area contributed by atoms with Crippen molar-refractivity contribution in [3.05, 3.63) is 28.8 Å². The van der Waals surface area contributed by atoms with Gasteiger partial charge in [-0.2, -0.15) is 0 Å². The first-order valence-corrected chi connectivity index (χ1v) is 9.19. The zero-order chi connectivity index (χ0) is 17.4. The second-order valence-corrected chi connectivity index (χ2v) is 6.64. The van der Waals surface area contributed by atoms with Gasteiger partial charge in [-0.05, 0) is 25.6 Å². The highest BCUT2D eigenvalue weighted by Crippen LogP contribution is 2.28. The predicted octanol–water partition coefficient (Wildman–Crippen LogP) is 2.56. The summed E-state index contributed by atoms with van der Waals surface area (Å²) in [6, 6.07) is 6.17. The average molecular weight is 352 g/mol. The van der Waals surface area contributed by atoms with E-state index in [2.05, 4.69) is 45.5 Å². The van der Waals surface area contributed by atoms with Gasteiger partial charge in [-0.15, -0.1) is 0 Å². The third-order valence-corrected chi connectivity index (χ3v) is 4.77. The molecule has 1 saturated heterocycles. The van der Waals surface area contributed by atoms with E-state index >= 15 is 0 Å². The van der Waals surface area contributed by atoms with Crippen LogP contribution in [0.4, 0.5) is 5.69 Å². The number of likely N-dealkylation sites (N-methyl/N-ethyl adjacent to an activating group) is 1. The number of piperazine rings is 1. The van der Waals surface area contributed by atoms with Gasteiger partial charge in [0.15, 0.2) is 5.96 Å². The zero-order valence-corrected chi connectivity index (χ0v) is 15.9. The summed E-state index contributed by atoms with van der Waals surface area (Å²) in [6.07, 6.45) is 2.31. The summed E-state index contributed by atoms with van der Waals surface area (Å²) in [5, 5.41) is 7.54. The molecule has 6 heteroatoms. The van der Waals surface area contributed by atoms with E-state index in [1.165, 1.54) is 12.1 Å². The Hall–Kier alpha value is -1.46. The van der Waals surface area contributed by atoms with Crippen molar-refractivity contribution in [3.8, 4) is 0 Å². The molecule has 1 aliphatic rings. The molecule has 1 aliphatic heterocycles. The molecule has 0 saturated carbocycles. The third kappa shape index (κ3) is 5.28. The van der Waals surface area contributed by atoms with Gasteiger partial charge in [-0.25, -0.2) is 0 Å². The Kier molecular flexibility index (Phi) is 7.66. The lowest BCUT2D eigenvalue weighted by molar-refractivity contribution is 0.312. The minimum atomic E-state index is 0.674. The molecule has 24 heavy (non-hydrogen) atoms. The molecule has 0 aliphatic carbocycles. The van der Waals surface area contributed by atoms with Gasteiger partial charge in [0.2, 0.25) is 0 Å². The maximum absolute atomic E-state index is 6.49. The number of halogens is 1. The molecule has 134 valence electrons. The van der Waals surface area contributed by atoms with Crippen LogP contribution in [0.25, 0.3) is 0 Å². The summed E-state index contributed by atoms with van der Waals surface area (Å²) in [4.78, 5) is 9.07. The van der Waals surface area contributed by atoms with E-state index in [1.54, 1.807) is 7.05 Å². The second kappa shape index (κ2) is 9.74. The maximum atomic E-state index is 6.49. The Bertz CT molecular complexity index is 538. The number of nitrogens with zero attached hydrogens (tertiary/aromatic N) is 3. The van der Waals surface area contributed by atoms with Crippen molar-refractivity contribution in [1.82, 2.24) is 15.5 Å². The first-order chi connectivity index (χ1) is 11.7. The van der Waals surface area contributed by atoms with E-state index in [0.717, 1.165) is 55.7 Å². The minimum Gasteiger partial charge on any atom is -0.369 e. The van der Waals surface area contributed by atoms with E-state index in [9.17, 15) is 0 Å². The van der Waals surface area contributed by atoms with Crippen molar-refractivity contribution in [2.24, 2.45) is 4.99 Å². The van der Waals surface area contributed by atoms with Gasteiger partial charge in [0.1, 0.15) is 0 Å². The van der Waals surface area contributed by atoms with Gasteiger partial charge in [0.25, 0.3) is 0 Å². The quantitative estimate of drug-likeness (QED) is 0.469. The zero-order valence-electron chi connectivity index (χ0n) is 15.1. The highest BCUT2D eigenvalue weighted by Gasteiger charge is 2.18. The molecule has 2 rings (SSSR count). The summed E-state index contributed by atoms with van der Waals surface area (Å²) < 4.78 is 0. The molecule has 0 spiro atoms. The average Bonchev–Trinajstić information content (AvgIpc) is 2.59. The molecule has 1 fully saturated rings. The van der Waals surface area contributed by atoms with Crippen LogP contribution >= 0.6 is 11.6 Å².